The minimum absolute atomic E-state index is 0.231. The van der Waals surface area contributed by atoms with Crippen LogP contribution in [0.4, 0.5) is 18.9 Å². The van der Waals surface area contributed by atoms with Gasteiger partial charge in [-0.3, -0.25) is 4.79 Å². The first-order chi connectivity index (χ1) is 12.8. The first-order valence-corrected chi connectivity index (χ1v) is 9.73. The molecule has 28 heavy (non-hydrogen) atoms. The van der Waals surface area contributed by atoms with Crippen molar-refractivity contribution in [1.82, 2.24) is 9.03 Å². The molecular formula is C16H18F3N3O5S. The zero-order valence-electron chi connectivity index (χ0n) is 14.9. The fourth-order valence-electron chi connectivity index (χ4n) is 3.32. The summed E-state index contributed by atoms with van der Waals surface area (Å²) < 4.78 is 67.1. The number of anilines is 1. The predicted octanol–water partition coefficient (Wildman–Crippen LogP) is 1.40. The number of alkyl halides is 3. The molecule has 154 valence electrons. The standard InChI is InChI=1S/C16H18F3N3O5S/c1-21(2)28(26,27)20-14(23)13-11(16(17,18)19)4-8(15(24)25)5-12(13)22-6-9-3-10(9)7-22/h4-5,9-10H,3,6-7H2,1-2H3,(H,20,23)(H,24,25). The number of aromatic carboxylic acids is 1. The van der Waals surface area contributed by atoms with E-state index in [0.29, 0.717) is 23.5 Å². The fourth-order valence-corrected chi connectivity index (χ4v) is 3.84. The SMILES string of the molecule is CN(C)S(=O)(=O)NC(=O)c1c(N2CC3CC3C2)cc(C(=O)O)cc1C(F)(F)F. The van der Waals surface area contributed by atoms with Crippen LogP contribution in [0.1, 0.15) is 32.7 Å². The lowest BCUT2D eigenvalue weighted by atomic mass is 9.99. The Balaban J connectivity index is 2.16. The summed E-state index contributed by atoms with van der Waals surface area (Å²) in [6.45, 7) is 0.761. The molecule has 3 rings (SSSR count). The number of amides is 1. The molecule has 0 radical (unpaired) electrons. The van der Waals surface area contributed by atoms with Gasteiger partial charge in [0, 0.05) is 27.2 Å². The maximum atomic E-state index is 13.6. The first-order valence-electron chi connectivity index (χ1n) is 8.29. The van der Waals surface area contributed by atoms with E-state index in [4.69, 9.17) is 0 Å². The van der Waals surface area contributed by atoms with Gasteiger partial charge >= 0.3 is 22.4 Å². The summed E-state index contributed by atoms with van der Waals surface area (Å²) in [6, 6.07) is 1.33. The Kier molecular flexibility index (Phi) is 4.82. The summed E-state index contributed by atoms with van der Waals surface area (Å²) in [6.07, 6.45) is -4.13. The van der Waals surface area contributed by atoms with Crippen LogP contribution in [0, 0.1) is 11.8 Å². The van der Waals surface area contributed by atoms with Gasteiger partial charge in [0.05, 0.1) is 22.4 Å². The fraction of sp³-hybridized carbons (Fsp3) is 0.500. The lowest BCUT2D eigenvalue weighted by molar-refractivity contribution is -0.137. The van der Waals surface area contributed by atoms with Crippen LogP contribution >= 0.6 is 0 Å². The number of piperidine rings is 1. The van der Waals surface area contributed by atoms with Crippen molar-refractivity contribution in [1.29, 1.82) is 0 Å². The molecule has 1 aliphatic carbocycles. The summed E-state index contributed by atoms with van der Waals surface area (Å²) in [7, 11) is -2.12. The number of benzene rings is 1. The molecule has 1 saturated carbocycles. The second-order valence-corrected chi connectivity index (χ2v) is 8.98. The Morgan fingerprint density at radius 2 is 1.79 bits per heavy atom. The van der Waals surface area contributed by atoms with Crippen LogP contribution in [-0.2, 0) is 16.4 Å². The van der Waals surface area contributed by atoms with Gasteiger partial charge in [0.1, 0.15) is 0 Å². The molecule has 2 N–H and O–H groups in total. The van der Waals surface area contributed by atoms with Crippen LogP contribution in [0.5, 0.6) is 0 Å². The molecule has 2 unspecified atom stereocenters. The number of carboxylic acid groups (broad SMARTS) is 1. The molecule has 12 heteroatoms. The Bertz CT molecular complexity index is 936. The number of nitrogens with one attached hydrogen (secondary N) is 1. The summed E-state index contributed by atoms with van der Waals surface area (Å²) in [4.78, 5) is 25.4. The molecule has 2 aliphatic rings. The molecule has 2 fully saturated rings. The summed E-state index contributed by atoms with van der Waals surface area (Å²) in [5.41, 5.74) is -3.25. The number of hydrogen-bond donors (Lipinski definition) is 2. The van der Waals surface area contributed by atoms with Crippen molar-refractivity contribution in [2.24, 2.45) is 11.8 Å². The second-order valence-electron chi connectivity index (χ2n) is 7.10. The topological polar surface area (TPSA) is 107 Å². The van der Waals surface area contributed by atoms with Crippen molar-refractivity contribution in [3.05, 3.63) is 28.8 Å². The highest BCUT2D eigenvalue weighted by molar-refractivity contribution is 7.87. The van der Waals surface area contributed by atoms with E-state index < -0.39 is 45.0 Å². The molecule has 1 amide bonds. The normalized spacial score (nSPS) is 21.6. The van der Waals surface area contributed by atoms with Crippen molar-refractivity contribution in [3.63, 3.8) is 0 Å². The minimum Gasteiger partial charge on any atom is -0.478 e. The number of fused-ring (bicyclic) bond motifs is 1. The number of carbonyl (C=O) groups is 2. The largest absolute Gasteiger partial charge is 0.478 e. The molecular weight excluding hydrogens is 403 g/mol. The smallest absolute Gasteiger partial charge is 0.417 e. The average molecular weight is 421 g/mol. The molecule has 2 atom stereocenters. The molecule has 0 bridgehead atoms. The molecule has 1 aliphatic heterocycles. The Labute approximate surface area is 159 Å². The minimum atomic E-state index is -5.06. The van der Waals surface area contributed by atoms with Gasteiger partial charge in [-0.2, -0.15) is 25.9 Å². The molecule has 0 aromatic heterocycles. The predicted molar refractivity (Wildman–Crippen MR) is 92.3 cm³/mol. The van der Waals surface area contributed by atoms with Crippen molar-refractivity contribution in [2.45, 2.75) is 12.6 Å². The summed E-state index contributed by atoms with van der Waals surface area (Å²) in [5, 5.41) is 9.20. The zero-order chi connectivity index (χ0) is 21.0. The third kappa shape index (κ3) is 3.78. The number of rotatable bonds is 5. The number of halogens is 3. The molecule has 1 aromatic carbocycles. The van der Waals surface area contributed by atoms with Gasteiger partial charge in [-0.25, -0.2) is 9.52 Å². The lowest BCUT2D eigenvalue weighted by Crippen LogP contribution is -2.41. The van der Waals surface area contributed by atoms with E-state index in [1.54, 1.807) is 4.72 Å². The Hall–Kier alpha value is -2.34. The van der Waals surface area contributed by atoms with Crippen LogP contribution in [-0.4, -0.2) is 56.9 Å². The van der Waals surface area contributed by atoms with Gasteiger partial charge < -0.3 is 10.0 Å². The maximum absolute atomic E-state index is 13.6. The van der Waals surface area contributed by atoms with Gasteiger partial charge in [-0.15, -0.1) is 0 Å². The van der Waals surface area contributed by atoms with E-state index in [-0.39, 0.29) is 17.5 Å². The third-order valence-corrected chi connectivity index (χ3v) is 6.32. The van der Waals surface area contributed by atoms with E-state index in [2.05, 4.69) is 0 Å². The van der Waals surface area contributed by atoms with Gasteiger partial charge in [-0.1, -0.05) is 0 Å². The molecule has 1 heterocycles. The van der Waals surface area contributed by atoms with Gasteiger partial charge in [0.25, 0.3) is 5.91 Å². The Morgan fingerprint density at radius 3 is 2.25 bits per heavy atom. The first kappa shape index (κ1) is 20.4. The number of carboxylic acids is 1. The van der Waals surface area contributed by atoms with E-state index in [9.17, 15) is 36.3 Å². The quantitative estimate of drug-likeness (QED) is 0.744. The van der Waals surface area contributed by atoms with Crippen LogP contribution in [0.2, 0.25) is 0 Å². The highest BCUT2D eigenvalue weighted by Gasteiger charge is 2.47. The summed E-state index contributed by atoms with van der Waals surface area (Å²) in [5.74, 6) is -2.48. The van der Waals surface area contributed by atoms with Crippen LogP contribution in [0.15, 0.2) is 12.1 Å². The second kappa shape index (κ2) is 6.62. The molecule has 0 spiro atoms. The average Bonchev–Trinajstić information content (AvgIpc) is 3.17. The Morgan fingerprint density at radius 1 is 1.21 bits per heavy atom. The lowest BCUT2D eigenvalue weighted by Gasteiger charge is -2.26. The monoisotopic (exact) mass is 421 g/mol. The summed E-state index contributed by atoms with van der Waals surface area (Å²) >= 11 is 0. The molecule has 1 saturated heterocycles. The van der Waals surface area contributed by atoms with E-state index in [1.807, 2.05) is 0 Å². The van der Waals surface area contributed by atoms with Crippen molar-refractivity contribution in [2.75, 3.05) is 32.1 Å². The van der Waals surface area contributed by atoms with E-state index in [0.717, 1.165) is 26.6 Å². The van der Waals surface area contributed by atoms with Crippen molar-refractivity contribution < 1.29 is 36.3 Å². The number of nitrogens with zero attached hydrogens (tertiary/aromatic N) is 2. The highest BCUT2D eigenvalue weighted by atomic mass is 32.2. The van der Waals surface area contributed by atoms with Crippen LogP contribution in [0.3, 0.4) is 0 Å². The van der Waals surface area contributed by atoms with E-state index >= 15 is 0 Å². The van der Waals surface area contributed by atoms with Gasteiger partial charge in [-0.05, 0) is 30.4 Å². The van der Waals surface area contributed by atoms with Crippen LogP contribution in [0.25, 0.3) is 0 Å². The van der Waals surface area contributed by atoms with Gasteiger partial charge in [0.2, 0.25) is 0 Å². The van der Waals surface area contributed by atoms with Crippen molar-refractivity contribution >= 4 is 27.8 Å². The maximum Gasteiger partial charge on any atom is 0.417 e. The highest BCUT2D eigenvalue weighted by Crippen LogP contribution is 2.48. The van der Waals surface area contributed by atoms with Crippen LogP contribution < -0.4 is 9.62 Å². The molecule has 8 nitrogen and oxygen atoms in total. The van der Waals surface area contributed by atoms with E-state index in [1.165, 1.54) is 4.90 Å². The van der Waals surface area contributed by atoms with Gasteiger partial charge in [0.15, 0.2) is 0 Å². The number of carbonyl (C=O) groups excluding carboxylic acids is 1. The number of hydrogen-bond acceptors (Lipinski definition) is 5. The third-order valence-electron chi connectivity index (χ3n) is 4.92. The molecule has 1 aromatic rings. The van der Waals surface area contributed by atoms with Crippen molar-refractivity contribution in [3.8, 4) is 0 Å². The zero-order valence-corrected chi connectivity index (χ0v) is 15.8.